The molecule has 69 valence electrons. The molecule has 0 spiro atoms. The Morgan fingerprint density at radius 3 is 2.79 bits per heavy atom. The molecule has 1 aromatic heterocycles. The molecule has 2 aromatic rings. The van der Waals surface area contributed by atoms with Crippen LogP contribution >= 0.6 is 11.6 Å². The highest BCUT2D eigenvalue weighted by molar-refractivity contribution is 6.33. The van der Waals surface area contributed by atoms with E-state index in [0.29, 0.717) is 10.7 Å². The lowest BCUT2D eigenvalue weighted by Gasteiger charge is -1.98. The molecule has 3 nitrogen and oxygen atoms in total. The molecule has 0 fully saturated rings. The Hall–Kier alpha value is -1.61. The molecule has 0 unspecified atom stereocenters. The van der Waals surface area contributed by atoms with Gasteiger partial charge in [0, 0.05) is 10.6 Å². The van der Waals surface area contributed by atoms with E-state index in [2.05, 4.69) is 10.2 Å². The molecule has 2 rings (SSSR count). The first-order chi connectivity index (χ1) is 6.81. The maximum Gasteiger partial charge on any atom is 0.255 e. The Kier molecular flexibility index (Phi) is 2.33. The molecule has 4 heteroatoms. The number of aromatic amines is 1. The summed E-state index contributed by atoms with van der Waals surface area (Å²) in [5.41, 5.74) is 1.79. The fraction of sp³-hybridized carbons (Fsp3) is 0. The highest BCUT2D eigenvalue weighted by atomic mass is 35.5. The van der Waals surface area contributed by atoms with E-state index in [4.69, 9.17) is 11.6 Å². The summed E-state index contributed by atoms with van der Waals surface area (Å²) in [6.45, 7) is 0. The standard InChI is InChI=1S/C10H6ClN2O/c11-9-4-2-1-3-8(9)10-5-7(6-14)12-13-10/h1-5H,(H,12,13). The van der Waals surface area contributed by atoms with Gasteiger partial charge in [0.05, 0.1) is 5.69 Å². The second-order valence-corrected chi connectivity index (χ2v) is 3.16. The molecule has 0 amide bonds. The lowest BCUT2D eigenvalue weighted by atomic mass is 10.1. The third-order valence-corrected chi connectivity index (χ3v) is 2.18. The first-order valence-electron chi connectivity index (χ1n) is 4.00. The van der Waals surface area contributed by atoms with Gasteiger partial charge in [-0.3, -0.25) is 9.89 Å². The quantitative estimate of drug-likeness (QED) is 0.817. The number of aromatic nitrogens is 2. The summed E-state index contributed by atoms with van der Waals surface area (Å²) in [6.07, 6.45) is 1.70. The van der Waals surface area contributed by atoms with Gasteiger partial charge in [0.2, 0.25) is 0 Å². The van der Waals surface area contributed by atoms with Gasteiger partial charge >= 0.3 is 0 Å². The predicted octanol–water partition coefficient (Wildman–Crippen LogP) is 2.19. The fourth-order valence-corrected chi connectivity index (χ4v) is 1.43. The maximum absolute atomic E-state index is 10.3. The lowest BCUT2D eigenvalue weighted by molar-refractivity contribution is 0.561. The Balaban J connectivity index is 2.49. The number of halogens is 1. The molecule has 1 radical (unpaired) electrons. The van der Waals surface area contributed by atoms with Gasteiger partial charge in [-0.2, -0.15) is 5.10 Å². The van der Waals surface area contributed by atoms with Gasteiger partial charge in [-0.25, -0.2) is 0 Å². The maximum atomic E-state index is 10.3. The summed E-state index contributed by atoms with van der Waals surface area (Å²) in [6, 6.07) is 8.95. The summed E-state index contributed by atoms with van der Waals surface area (Å²) in [5, 5.41) is 7.08. The third-order valence-electron chi connectivity index (χ3n) is 1.85. The van der Waals surface area contributed by atoms with Crippen LogP contribution in [-0.2, 0) is 4.79 Å². The number of benzene rings is 1. The zero-order valence-electron chi connectivity index (χ0n) is 7.12. The summed E-state index contributed by atoms with van der Waals surface area (Å²) >= 11 is 5.96. The number of carbonyl (C=O) groups excluding carboxylic acids is 1. The molecule has 0 aliphatic rings. The molecule has 14 heavy (non-hydrogen) atoms. The molecule has 0 atom stereocenters. The largest absolute Gasteiger partial charge is 0.283 e. The first-order valence-corrected chi connectivity index (χ1v) is 4.37. The Bertz CT molecular complexity index is 465. The first kappa shape index (κ1) is 8.97. The normalized spacial score (nSPS) is 10.1. The van der Waals surface area contributed by atoms with Gasteiger partial charge < -0.3 is 0 Å². The average molecular weight is 206 g/mol. The van der Waals surface area contributed by atoms with Crippen LogP contribution < -0.4 is 0 Å². The van der Waals surface area contributed by atoms with Crippen molar-refractivity contribution in [2.24, 2.45) is 0 Å². The van der Waals surface area contributed by atoms with Crippen LogP contribution in [0, 0.1) is 0 Å². The second kappa shape index (κ2) is 3.64. The minimum atomic E-state index is 0.250. The number of hydrogen-bond donors (Lipinski definition) is 1. The monoisotopic (exact) mass is 205 g/mol. The fourth-order valence-electron chi connectivity index (χ4n) is 1.19. The van der Waals surface area contributed by atoms with E-state index in [0.717, 1.165) is 5.56 Å². The van der Waals surface area contributed by atoms with Crippen molar-refractivity contribution in [2.75, 3.05) is 0 Å². The van der Waals surface area contributed by atoms with Crippen LogP contribution in [0.15, 0.2) is 30.3 Å². The van der Waals surface area contributed by atoms with Crippen molar-refractivity contribution in [1.82, 2.24) is 10.2 Å². The zero-order chi connectivity index (χ0) is 9.97. The topological polar surface area (TPSA) is 45.8 Å². The Labute approximate surface area is 85.7 Å². The van der Waals surface area contributed by atoms with Gasteiger partial charge in [0.15, 0.2) is 0 Å². The van der Waals surface area contributed by atoms with Crippen LogP contribution in [0.2, 0.25) is 5.02 Å². The van der Waals surface area contributed by atoms with Crippen molar-refractivity contribution < 1.29 is 4.79 Å². The summed E-state index contributed by atoms with van der Waals surface area (Å²) in [4.78, 5) is 10.3. The average Bonchev–Trinajstić information content (AvgIpc) is 2.67. The molecule has 0 saturated carbocycles. The summed E-state index contributed by atoms with van der Waals surface area (Å²) < 4.78 is 0. The van der Waals surface area contributed by atoms with E-state index in [1.165, 1.54) is 0 Å². The van der Waals surface area contributed by atoms with Crippen molar-refractivity contribution in [2.45, 2.75) is 0 Å². The van der Waals surface area contributed by atoms with E-state index >= 15 is 0 Å². The smallest absolute Gasteiger partial charge is 0.255 e. The van der Waals surface area contributed by atoms with E-state index < -0.39 is 0 Å². The Morgan fingerprint density at radius 2 is 2.14 bits per heavy atom. The molecule has 1 aromatic carbocycles. The molecular weight excluding hydrogens is 200 g/mol. The van der Waals surface area contributed by atoms with E-state index in [1.807, 2.05) is 18.2 Å². The van der Waals surface area contributed by atoms with Gasteiger partial charge in [-0.05, 0) is 12.1 Å². The summed E-state index contributed by atoms with van der Waals surface area (Å²) in [5.74, 6) is 0. The summed E-state index contributed by atoms with van der Waals surface area (Å²) in [7, 11) is 0. The lowest BCUT2D eigenvalue weighted by Crippen LogP contribution is -1.78. The van der Waals surface area contributed by atoms with Gasteiger partial charge in [0.1, 0.15) is 5.69 Å². The minimum Gasteiger partial charge on any atom is -0.283 e. The number of nitrogens with zero attached hydrogens (tertiary/aromatic N) is 1. The highest BCUT2D eigenvalue weighted by Gasteiger charge is 2.05. The molecule has 1 N–H and O–H groups in total. The molecule has 0 aliphatic carbocycles. The van der Waals surface area contributed by atoms with Crippen LogP contribution in [0.25, 0.3) is 11.3 Å². The SMILES string of the molecule is O=[C]c1cc(-c2ccccc2Cl)[nH]n1. The number of rotatable bonds is 2. The molecule has 0 bridgehead atoms. The van der Waals surface area contributed by atoms with Crippen molar-refractivity contribution in [1.29, 1.82) is 0 Å². The second-order valence-electron chi connectivity index (χ2n) is 2.75. The van der Waals surface area contributed by atoms with Crippen LogP contribution in [0.4, 0.5) is 0 Å². The van der Waals surface area contributed by atoms with Gasteiger partial charge in [0.25, 0.3) is 6.29 Å². The van der Waals surface area contributed by atoms with Crippen LogP contribution in [0.1, 0.15) is 5.69 Å². The third kappa shape index (κ3) is 1.54. The minimum absolute atomic E-state index is 0.250. The molecule has 1 heterocycles. The number of H-pyrrole nitrogens is 1. The van der Waals surface area contributed by atoms with Gasteiger partial charge in [-0.15, -0.1) is 0 Å². The Morgan fingerprint density at radius 1 is 1.36 bits per heavy atom. The van der Waals surface area contributed by atoms with Crippen molar-refractivity contribution in [3.8, 4) is 11.3 Å². The van der Waals surface area contributed by atoms with E-state index in [9.17, 15) is 4.79 Å². The van der Waals surface area contributed by atoms with E-state index in [1.54, 1.807) is 18.4 Å². The van der Waals surface area contributed by atoms with Crippen LogP contribution in [-0.4, -0.2) is 16.5 Å². The molecule has 0 aliphatic heterocycles. The molecule has 0 saturated heterocycles. The molecular formula is C10H6ClN2O. The van der Waals surface area contributed by atoms with Crippen molar-refractivity contribution >= 4 is 17.9 Å². The van der Waals surface area contributed by atoms with Gasteiger partial charge in [-0.1, -0.05) is 29.8 Å². The van der Waals surface area contributed by atoms with E-state index in [-0.39, 0.29) is 5.69 Å². The van der Waals surface area contributed by atoms with Crippen molar-refractivity contribution in [3.05, 3.63) is 41.0 Å². The van der Waals surface area contributed by atoms with Crippen molar-refractivity contribution in [3.63, 3.8) is 0 Å². The highest BCUT2D eigenvalue weighted by Crippen LogP contribution is 2.25. The number of nitrogens with one attached hydrogen (secondary N) is 1. The number of hydrogen-bond acceptors (Lipinski definition) is 2. The van der Waals surface area contributed by atoms with Crippen LogP contribution in [0.3, 0.4) is 0 Å². The van der Waals surface area contributed by atoms with Crippen LogP contribution in [0.5, 0.6) is 0 Å². The zero-order valence-corrected chi connectivity index (χ0v) is 7.88. The predicted molar refractivity (Wildman–Crippen MR) is 53.8 cm³/mol.